The van der Waals surface area contributed by atoms with Crippen LogP contribution in [0.15, 0.2) is 42.5 Å². The van der Waals surface area contributed by atoms with Gasteiger partial charge in [0, 0.05) is 24.7 Å². The van der Waals surface area contributed by atoms with E-state index in [-0.39, 0.29) is 24.7 Å². The van der Waals surface area contributed by atoms with Gasteiger partial charge in [-0.3, -0.25) is 4.90 Å². The Morgan fingerprint density at radius 1 is 0.935 bits per heavy atom. The Balaban J connectivity index is 1.64. The second kappa shape index (κ2) is 8.30. The monoisotopic (exact) mass is 437 g/mol. The predicted molar refractivity (Wildman–Crippen MR) is 105 cm³/mol. The number of fused-ring (bicyclic) bond motifs is 2. The topological polar surface area (TPSA) is 35.6 Å². The quantitative estimate of drug-likeness (QED) is 0.322. The molecule has 0 saturated carbocycles. The number of rotatable bonds is 4. The molecule has 1 saturated heterocycles. The first-order valence-electron chi connectivity index (χ1n) is 9.81. The number of nitrogens with zero attached hydrogens (tertiary/aromatic N) is 2. The predicted octanol–water partition coefficient (Wildman–Crippen LogP) is 4.82. The number of hydrogen-bond donors (Lipinski definition) is 1. The summed E-state index contributed by atoms with van der Waals surface area (Å²) in [6, 6.07) is 7.95. The molecule has 2 amide bonds. The van der Waals surface area contributed by atoms with Gasteiger partial charge in [-0.25, -0.2) is 26.7 Å². The number of benzene rings is 2. The molecule has 2 aliphatic heterocycles. The lowest BCUT2D eigenvalue weighted by Gasteiger charge is -2.42. The summed E-state index contributed by atoms with van der Waals surface area (Å²) in [6.07, 6.45) is 5.27. The zero-order valence-corrected chi connectivity index (χ0v) is 16.6. The number of carbonyl (C=O) groups is 1. The number of carbonyl (C=O) groups excluding carboxylic acids is 1. The fourth-order valence-corrected chi connectivity index (χ4v) is 4.21. The molecular weight excluding hydrogens is 417 g/mol. The Morgan fingerprint density at radius 3 is 2.00 bits per heavy atom. The Kier molecular flexibility index (Phi) is 5.70. The van der Waals surface area contributed by atoms with Crippen LogP contribution in [-0.4, -0.2) is 41.0 Å². The van der Waals surface area contributed by atoms with Crippen molar-refractivity contribution in [2.24, 2.45) is 0 Å². The molecule has 0 aromatic heterocycles. The van der Waals surface area contributed by atoms with E-state index in [1.165, 1.54) is 4.90 Å². The van der Waals surface area contributed by atoms with Crippen LogP contribution >= 0.6 is 0 Å². The third kappa shape index (κ3) is 3.89. The maximum Gasteiger partial charge on any atom is 0.322 e. The van der Waals surface area contributed by atoms with Gasteiger partial charge in [0.05, 0.1) is 0 Å². The number of amides is 2. The van der Waals surface area contributed by atoms with Crippen molar-refractivity contribution in [2.75, 3.05) is 12.4 Å². The van der Waals surface area contributed by atoms with E-state index in [9.17, 15) is 26.7 Å². The van der Waals surface area contributed by atoms with Crippen LogP contribution in [0.3, 0.4) is 0 Å². The van der Waals surface area contributed by atoms with Crippen LogP contribution in [0.25, 0.3) is 0 Å². The third-order valence-electron chi connectivity index (χ3n) is 5.97. The normalized spacial score (nSPS) is 22.6. The van der Waals surface area contributed by atoms with Gasteiger partial charge in [-0.2, -0.15) is 0 Å². The second-order valence-corrected chi connectivity index (χ2v) is 7.80. The first kappa shape index (κ1) is 21.3. The Bertz CT molecular complexity index is 985. The van der Waals surface area contributed by atoms with E-state index >= 15 is 0 Å². The molecule has 9 heteroatoms. The molecule has 1 N–H and O–H groups in total. The number of anilines is 1. The van der Waals surface area contributed by atoms with Gasteiger partial charge in [0.25, 0.3) is 0 Å². The molecule has 2 heterocycles. The smallest absolute Gasteiger partial charge is 0.317 e. The molecule has 2 bridgehead atoms. The van der Waals surface area contributed by atoms with Gasteiger partial charge < -0.3 is 10.2 Å². The van der Waals surface area contributed by atoms with Crippen molar-refractivity contribution in [1.82, 2.24) is 9.80 Å². The minimum absolute atomic E-state index is 0.101. The number of halogens is 5. The molecule has 4 nitrogen and oxygen atoms in total. The van der Waals surface area contributed by atoms with Crippen LogP contribution in [-0.2, 0) is 6.54 Å². The summed E-state index contributed by atoms with van der Waals surface area (Å²) in [5.41, 5.74) is -0.581. The molecule has 0 radical (unpaired) electrons. The summed E-state index contributed by atoms with van der Waals surface area (Å²) in [7, 11) is 1.97. The molecular formula is C22H20F5N3O. The summed E-state index contributed by atoms with van der Waals surface area (Å²) in [4.78, 5) is 16.6. The molecule has 3 atom stereocenters. The summed E-state index contributed by atoms with van der Waals surface area (Å²) >= 11 is 0. The molecule has 0 spiro atoms. The minimum atomic E-state index is -2.27. The van der Waals surface area contributed by atoms with Crippen molar-refractivity contribution in [3.63, 3.8) is 0 Å². The van der Waals surface area contributed by atoms with Crippen molar-refractivity contribution in [2.45, 2.75) is 37.5 Å². The highest BCUT2D eigenvalue weighted by atomic mass is 19.2. The lowest BCUT2D eigenvalue weighted by Crippen LogP contribution is -2.52. The molecule has 164 valence electrons. The summed E-state index contributed by atoms with van der Waals surface area (Å²) in [6.45, 7) is 0.121. The van der Waals surface area contributed by atoms with Gasteiger partial charge in [-0.15, -0.1) is 0 Å². The van der Waals surface area contributed by atoms with E-state index in [0.29, 0.717) is 12.8 Å². The van der Waals surface area contributed by atoms with Crippen LogP contribution in [0.2, 0.25) is 0 Å². The largest absolute Gasteiger partial charge is 0.322 e. The highest BCUT2D eigenvalue weighted by Gasteiger charge is 2.39. The van der Waals surface area contributed by atoms with Gasteiger partial charge in [-0.05, 0) is 25.5 Å². The number of likely N-dealkylation sites (N-methyl/N-ethyl adjacent to an activating group) is 1. The molecule has 1 fully saturated rings. The van der Waals surface area contributed by atoms with E-state index in [1.807, 2.05) is 30.6 Å². The average Bonchev–Trinajstić information content (AvgIpc) is 2.98. The Hall–Kier alpha value is -2.94. The van der Waals surface area contributed by atoms with Gasteiger partial charge in [0.2, 0.25) is 5.82 Å². The fourth-order valence-electron chi connectivity index (χ4n) is 4.21. The zero-order chi connectivity index (χ0) is 22.3. The lowest BCUT2D eigenvalue weighted by atomic mass is 9.95. The van der Waals surface area contributed by atoms with Crippen molar-refractivity contribution in [1.29, 1.82) is 0 Å². The van der Waals surface area contributed by atoms with E-state index in [0.717, 1.165) is 5.56 Å². The second-order valence-electron chi connectivity index (χ2n) is 7.80. The summed E-state index contributed by atoms with van der Waals surface area (Å²) in [5.74, 6) is -10.6. The van der Waals surface area contributed by atoms with Crippen molar-refractivity contribution >= 4 is 11.7 Å². The third-order valence-corrected chi connectivity index (χ3v) is 5.97. The molecule has 4 rings (SSSR count). The van der Waals surface area contributed by atoms with E-state index < -0.39 is 40.8 Å². The van der Waals surface area contributed by atoms with Crippen molar-refractivity contribution < 1.29 is 26.7 Å². The highest BCUT2D eigenvalue weighted by Crippen LogP contribution is 2.33. The van der Waals surface area contributed by atoms with Crippen LogP contribution in [0.1, 0.15) is 18.4 Å². The Morgan fingerprint density at radius 2 is 1.45 bits per heavy atom. The minimum Gasteiger partial charge on any atom is -0.317 e. The van der Waals surface area contributed by atoms with Crippen LogP contribution in [0, 0.1) is 29.1 Å². The molecule has 31 heavy (non-hydrogen) atoms. The van der Waals surface area contributed by atoms with Gasteiger partial charge in [0.1, 0.15) is 5.69 Å². The number of nitrogens with one attached hydrogen (secondary N) is 1. The van der Waals surface area contributed by atoms with Crippen LogP contribution in [0.5, 0.6) is 0 Å². The first-order chi connectivity index (χ1) is 14.8. The number of hydrogen-bond acceptors (Lipinski definition) is 2. The van der Waals surface area contributed by atoms with E-state index in [2.05, 4.69) is 4.90 Å². The SMILES string of the molecule is CN1[C@@H]2C=C[C@H]1CC(N(Cc1ccccc1)C(=O)Nc1c(F)c(F)c(F)c(F)c1F)C2. The first-order valence-corrected chi connectivity index (χ1v) is 9.81. The molecule has 0 aliphatic carbocycles. The zero-order valence-electron chi connectivity index (χ0n) is 16.6. The standard InChI is InChI=1S/C22H20F5N3O/c1-29-13-7-8-14(29)10-15(9-13)30(11-12-5-3-2-4-6-12)22(31)28-21-19(26)17(24)16(23)18(25)20(21)27/h2-8,13-15H,9-11H2,1H3,(H,28,31)/t13-,14+,15?. The summed E-state index contributed by atoms with van der Waals surface area (Å²) < 4.78 is 68.7. The van der Waals surface area contributed by atoms with E-state index in [1.54, 1.807) is 24.3 Å². The number of piperidine rings is 1. The van der Waals surface area contributed by atoms with E-state index in [4.69, 9.17) is 0 Å². The van der Waals surface area contributed by atoms with Crippen molar-refractivity contribution in [3.05, 3.63) is 77.1 Å². The molecule has 2 aliphatic rings. The molecule has 1 unspecified atom stereocenters. The van der Waals surface area contributed by atoms with Gasteiger partial charge >= 0.3 is 6.03 Å². The van der Waals surface area contributed by atoms with Crippen LogP contribution in [0.4, 0.5) is 32.4 Å². The maximum atomic E-state index is 14.1. The lowest BCUT2D eigenvalue weighted by molar-refractivity contribution is 0.100. The van der Waals surface area contributed by atoms with Gasteiger partial charge in [0.15, 0.2) is 23.3 Å². The molecule has 2 aromatic rings. The molecule has 2 aromatic carbocycles. The fraction of sp³-hybridized carbons (Fsp3) is 0.318. The van der Waals surface area contributed by atoms with Crippen molar-refractivity contribution in [3.8, 4) is 0 Å². The maximum absolute atomic E-state index is 14.1. The number of urea groups is 1. The van der Waals surface area contributed by atoms with Gasteiger partial charge in [-0.1, -0.05) is 42.5 Å². The Labute approximate surface area is 175 Å². The van der Waals surface area contributed by atoms with Crippen LogP contribution < -0.4 is 5.32 Å². The average molecular weight is 437 g/mol. The summed E-state index contributed by atoms with van der Waals surface area (Å²) in [5, 5.41) is 1.92. The highest BCUT2D eigenvalue weighted by molar-refractivity contribution is 5.90.